The predicted octanol–water partition coefficient (Wildman–Crippen LogP) is 1.91. The maximum atomic E-state index is 12.7. The van der Waals surface area contributed by atoms with Crippen molar-refractivity contribution in [3.63, 3.8) is 0 Å². The summed E-state index contributed by atoms with van der Waals surface area (Å²) >= 11 is 0. The highest BCUT2D eigenvalue weighted by Gasteiger charge is 2.21. The Morgan fingerprint density at radius 3 is 2.55 bits per heavy atom. The molecule has 0 aliphatic carbocycles. The Balaban J connectivity index is 1.96. The number of nitrogens with zero attached hydrogens (tertiary/aromatic N) is 2. The molecule has 0 aliphatic heterocycles. The second kappa shape index (κ2) is 9.75. The van der Waals surface area contributed by atoms with Crippen molar-refractivity contribution in [3.05, 3.63) is 65.5 Å². The van der Waals surface area contributed by atoms with E-state index in [0.717, 1.165) is 12.0 Å². The minimum absolute atomic E-state index is 0.0604. The maximum Gasteiger partial charge on any atom is 0.325 e. The number of amides is 1. The first-order valence-corrected chi connectivity index (χ1v) is 9.79. The van der Waals surface area contributed by atoms with E-state index in [-0.39, 0.29) is 12.1 Å². The Morgan fingerprint density at radius 1 is 1.13 bits per heavy atom. The molecule has 3 aromatic rings. The third-order valence-electron chi connectivity index (χ3n) is 4.81. The average molecular weight is 424 g/mol. The number of aromatic nitrogens is 2. The molecule has 0 saturated heterocycles. The molecule has 1 amide bonds. The summed E-state index contributed by atoms with van der Waals surface area (Å²) in [5.41, 5.74) is 2.42. The number of nitrogens with one attached hydrogen (secondary N) is 2. The van der Waals surface area contributed by atoms with Crippen molar-refractivity contribution >= 4 is 29.3 Å². The van der Waals surface area contributed by atoms with Gasteiger partial charge in [-0.3, -0.25) is 18.8 Å². The van der Waals surface area contributed by atoms with E-state index >= 15 is 0 Å². The Labute approximate surface area is 179 Å². The molecule has 0 aliphatic rings. The largest absolute Gasteiger partial charge is 0.480 e. The minimum atomic E-state index is -1.13. The zero-order valence-electron chi connectivity index (χ0n) is 17.3. The van der Waals surface area contributed by atoms with Gasteiger partial charge in [0.15, 0.2) is 5.65 Å². The molecule has 0 radical (unpaired) electrons. The van der Waals surface area contributed by atoms with Crippen LogP contribution >= 0.6 is 0 Å². The molecule has 9 heteroatoms. The maximum absolute atomic E-state index is 12.7. The van der Waals surface area contributed by atoms with Crippen molar-refractivity contribution in [3.8, 4) is 0 Å². The van der Waals surface area contributed by atoms with E-state index in [4.69, 9.17) is 9.84 Å². The molecule has 0 spiro atoms. The molecule has 3 N–H and O–H groups in total. The second-order valence-corrected chi connectivity index (χ2v) is 6.97. The third kappa shape index (κ3) is 5.19. The number of fused-ring (bicyclic) bond motifs is 1. The average Bonchev–Trinajstić information content (AvgIpc) is 3.13. The number of methoxy groups -OCH3 is 1. The number of carbonyl (C=O) groups is 3. The summed E-state index contributed by atoms with van der Waals surface area (Å²) in [6.07, 6.45) is 3.02. The zero-order chi connectivity index (χ0) is 22.4. The molecule has 2 aromatic heterocycles. The lowest BCUT2D eigenvalue weighted by atomic mass is 10.1. The number of hydrogen-bond donors (Lipinski definition) is 3. The normalized spacial score (nSPS) is 11.7. The van der Waals surface area contributed by atoms with E-state index in [1.54, 1.807) is 22.7 Å². The molecule has 1 aromatic carbocycles. The second-order valence-electron chi connectivity index (χ2n) is 6.97. The van der Waals surface area contributed by atoms with Crippen LogP contribution in [0.2, 0.25) is 0 Å². The molecule has 31 heavy (non-hydrogen) atoms. The highest BCUT2D eigenvalue weighted by Crippen LogP contribution is 2.23. The number of carboxylic acid groups (broad SMARTS) is 1. The smallest absolute Gasteiger partial charge is 0.325 e. The lowest BCUT2D eigenvalue weighted by Crippen LogP contribution is -2.38. The summed E-state index contributed by atoms with van der Waals surface area (Å²) in [7, 11) is 1.31. The Hall–Kier alpha value is -3.88. The fraction of sp³-hybridized carbons (Fsp3) is 0.273. The number of esters is 1. The summed E-state index contributed by atoms with van der Waals surface area (Å²) in [6, 6.07) is 12.1. The molecule has 0 saturated carbocycles. The molecule has 0 fully saturated rings. The van der Waals surface area contributed by atoms with Gasteiger partial charge in [0, 0.05) is 6.20 Å². The van der Waals surface area contributed by atoms with Gasteiger partial charge >= 0.3 is 11.9 Å². The molecular weight excluding hydrogens is 400 g/mol. The summed E-state index contributed by atoms with van der Waals surface area (Å²) < 4.78 is 6.39. The zero-order valence-corrected chi connectivity index (χ0v) is 17.3. The van der Waals surface area contributed by atoms with Crippen LogP contribution in [-0.2, 0) is 27.2 Å². The first kappa shape index (κ1) is 21.8. The number of ether oxygens (including phenoxy) is 1. The fourth-order valence-electron chi connectivity index (χ4n) is 3.12. The molecule has 3 rings (SSSR count). The number of rotatable bonds is 9. The van der Waals surface area contributed by atoms with Crippen molar-refractivity contribution in [2.45, 2.75) is 25.8 Å². The predicted molar refractivity (Wildman–Crippen MR) is 114 cm³/mol. The number of imidazole rings is 1. The minimum Gasteiger partial charge on any atom is -0.480 e. The van der Waals surface area contributed by atoms with Crippen molar-refractivity contribution in [2.24, 2.45) is 0 Å². The number of anilines is 1. The fourth-order valence-corrected chi connectivity index (χ4v) is 3.12. The van der Waals surface area contributed by atoms with Crippen LogP contribution in [0.25, 0.3) is 5.65 Å². The first-order valence-electron chi connectivity index (χ1n) is 9.79. The van der Waals surface area contributed by atoms with Gasteiger partial charge in [-0.15, -0.1) is 0 Å². The number of aryl methyl sites for hydroxylation is 2. The van der Waals surface area contributed by atoms with E-state index in [9.17, 15) is 14.4 Å². The van der Waals surface area contributed by atoms with Crippen LogP contribution in [0.3, 0.4) is 0 Å². The van der Waals surface area contributed by atoms with E-state index in [0.29, 0.717) is 23.6 Å². The molecule has 0 bridgehead atoms. The van der Waals surface area contributed by atoms with Crippen LogP contribution in [0, 0.1) is 0 Å². The van der Waals surface area contributed by atoms with Crippen molar-refractivity contribution in [1.29, 1.82) is 0 Å². The lowest BCUT2D eigenvalue weighted by molar-refractivity contribution is -0.139. The summed E-state index contributed by atoms with van der Waals surface area (Å²) in [5, 5.41) is 14.6. The highest BCUT2D eigenvalue weighted by molar-refractivity contribution is 6.01. The van der Waals surface area contributed by atoms with Crippen LogP contribution in [0.15, 0.2) is 48.7 Å². The van der Waals surface area contributed by atoms with Crippen molar-refractivity contribution < 1.29 is 24.2 Å². The van der Waals surface area contributed by atoms with Gasteiger partial charge in [-0.1, -0.05) is 30.3 Å². The van der Waals surface area contributed by atoms with Gasteiger partial charge in [-0.2, -0.15) is 0 Å². The molecular formula is C22H24N4O5. The van der Waals surface area contributed by atoms with Gasteiger partial charge in [0.2, 0.25) is 0 Å². The Morgan fingerprint density at radius 2 is 1.87 bits per heavy atom. The SMILES string of the molecule is COC(=O)CNc1c(CCc2ccccc2)nc2c(C(=O)NC(C)C(=O)O)cccn12. The van der Waals surface area contributed by atoms with Crippen LogP contribution in [-0.4, -0.2) is 52.0 Å². The molecule has 1 atom stereocenters. The van der Waals surface area contributed by atoms with Gasteiger partial charge < -0.3 is 20.5 Å². The number of hydrogen-bond acceptors (Lipinski definition) is 6. The van der Waals surface area contributed by atoms with Crippen molar-refractivity contribution in [1.82, 2.24) is 14.7 Å². The standard InChI is InChI=1S/C22H24N4O5/c1-14(22(29)30)24-21(28)16-9-6-12-26-19(16)25-17(20(26)23-13-18(27)31-2)11-10-15-7-4-3-5-8-15/h3-9,12,14,23H,10-11,13H2,1-2H3,(H,24,28)(H,29,30). The van der Waals surface area contributed by atoms with Crippen LogP contribution in [0.4, 0.5) is 5.82 Å². The van der Waals surface area contributed by atoms with Gasteiger partial charge in [0.1, 0.15) is 18.4 Å². The van der Waals surface area contributed by atoms with Gasteiger partial charge in [0.25, 0.3) is 5.91 Å². The lowest BCUT2D eigenvalue weighted by Gasteiger charge is -2.10. The summed E-state index contributed by atoms with van der Waals surface area (Å²) in [5.74, 6) is -1.53. The number of aliphatic carboxylic acids is 1. The quantitative estimate of drug-likeness (QED) is 0.449. The summed E-state index contributed by atoms with van der Waals surface area (Å²) in [6.45, 7) is 1.33. The molecule has 2 heterocycles. The van der Waals surface area contributed by atoms with Crippen LogP contribution < -0.4 is 10.6 Å². The number of pyridine rings is 1. The molecule has 162 valence electrons. The number of carboxylic acids is 1. The van der Waals surface area contributed by atoms with E-state index in [1.165, 1.54) is 14.0 Å². The van der Waals surface area contributed by atoms with Gasteiger partial charge in [-0.05, 0) is 37.5 Å². The van der Waals surface area contributed by atoms with Crippen molar-refractivity contribution in [2.75, 3.05) is 19.0 Å². The number of carbonyl (C=O) groups excluding carboxylic acids is 2. The Kier molecular flexibility index (Phi) is 6.86. The van der Waals surface area contributed by atoms with E-state index in [2.05, 4.69) is 15.6 Å². The monoisotopic (exact) mass is 424 g/mol. The third-order valence-corrected chi connectivity index (χ3v) is 4.81. The van der Waals surface area contributed by atoms with Crippen LogP contribution in [0.5, 0.6) is 0 Å². The van der Waals surface area contributed by atoms with Crippen LogP contribution in [0.1, 0.15) is 28.5 Å². The van der Waals surface area contributed by atoms with Gasteiger partial charge in [-0.25, -0.2) is 4.98 Å². The molecule has 1 unspecified atom stereocenters. The highest BCUT2D eigenvalue weighted by atomic mass is 16.5. The molecule has 9 nitrogen and oxygen atoms in total. The summed E-state index contributed by atoms with van der Waals surface area (Å²) in [4.78, 5) is 40.1. The topological polar surface area (TPSA) is 122 Å². The van der Waals surface area contributed by atoms with Gasteiger partial charge in [0.05, 0.1) is 18.4 Å². The first-order chi connectivity index (χ1) is 14.9. The van der Waals surface area contributed by atoms with E-state index < -0.39 is 23.9 Å². The Bertz CT molecular complexity index is 1090. The van der Waals surface area contributed by atoms with E-state index in [1.807, 2.05) is 30.3 Å². The number of benzene rings is 1.